The Balaban J connectivity index is 1.87. The second kappa shape index (κ2) is 4.57. The summed E-state index contributed by atoms with van der Waals surface area (Å²) < 4.78 is 5.36. The van der Waals surface area contributed by atoms with E-state index in [2.05, 4.69) is 22.2 Å². The lowest BCUT2D eigenvalue weighted by atomic mass is 9.82. The number of hydrogen-bond donors (Lipinski definition) is 1. The first-order valence-corrected chi connectivity index (χ1v) is 5.36. The van der Waals surface area contributed by atoms with Crippen LogP contribution in [0.4, 0.5) is 5.82 Å². The number of anilines is 1. The van der Waals surface area contributed by atoms with E-state index >= 15 is 0 Å². The fourth-order valence-corrected chi connectivity index (χ4v) is 1.74. The molecule has 0 saturated carbocycles. The van der Waals surface area contributed by atoms with Gasteiger partial charge in [0.15, 0.2) is 0 Å². The molecule has 1 aromatic rings. The van der Waals surface area contributed by atoms with Crippen LogP contribution in [-0.2, 0) is 4.74 Å². The molecule has 4 nitrogen and oxygen atoms in total. The predicted molar refractivity (Wildman–Crippen MR) is 58.7 cm³/mol. The summed E-state index contributed by atoms with van der Waals surface area (Å²) >= 11 is 0. The molecular weight excluding hydrogens is 190 g/mol. The second-order valence-corrected chi connectivity index (χ2v) is 4.37. The molecule has 0 radical (unpaired) electrons. The van der Waals surface area contributed by atoms with Gasteiger partial charge in [0.2, 0.25) is 0 Å². The average molecular weight is 207 g/mol. The summed E-state index contributed by atoms with van der Waals surface area (Å²) in [6.07, 6.45) is 5.55. The van der Waals surface area contributed by atoms with Gasteiger partial charge in [-0.1, -0.05) is 6.92 Å². The zero-order valence-corrected chi connectivity index (χ0v) is 9.07. The normalized spacial score (nSPS) is 19.8. The maximum absolute atomic E-state index is 5.36. The standard InChI is InChI=1S/C11H17N3O/c1-11(3-6-15-7-4-11)8-13-10-2-5-12-9-14-10/h2,5,9H,3-4,6-8H2,1H3,(H,12,13,14). The minimum absolute atomic E-state index is 0.337. The number of aromatic nitrogens is 2. The molecule has 2 heterocycles. The Bertz CT molecular complexity index is 296. The van der Waals surface area contributed by atoms with Gasteiger partial charge in [0, 0.05) is 26.0 Å². The third-order valence-corrected chi connectivity index (χ3v) is 2.98. The van der Waals surface area contributed by atoms with Crippen molar-refractivity contribution in [3.8, 4) is 0 Å². The van der Waals surface area contributed by atoms with E-state index < -0.39 is 0 Å². The van der Waals surface area contributed by atoms with Crippen LogP contribution in [0.2, 0.25) is 0 Å². The maximum atomic E-state index is 5.36. The Kier molecular flexibility index (Phi) is 3.16. The number of nitrogens with zero attached hydrogens (tertiary/aromatic N) is 2. The van der Waals surface area contributed by atoms with Crippen molar-refractivity contribution in [3.05, 3.63) is 18.6 Å². The topological polar surface area (TPSA) is 47.0 Å². The molecule has 0 atom stereocenters. The van der Waals surface area contributed by atoms with Gasteiger partial charge in [-0.2, -0.15) is 0 Å². The van der Waals surface area contributed by atoms with Gasteiger partial charge in [-0.3, -0.25) is 0 Å². The van der Waals surface area contributed by atoms with Gasteiger partial charge in [0.25, 0.3) is 0 Å². The minimum Gasteiger partial charge on any atom is -0.381 e. The van der Waals surface area contributed by atoms with Gasteiger partial charge in [-0.05, 0) is 24.3 Å². The molecule has 1 aliphatic rings. The van der Waals surface area contributed by atoms with Crippen molar-refractivity contribution in [2.75, 3.05) is 25.1 Å². The molecule has 1 aliphatic heterocycles. The van der Waals surface area contributed by atoms with Gasteiger partial charge in [-0.25, -0.2) is 9.97 Å². The quantitative estimate of drug-likeness (QED) is 0.819. The van der Waals surface area contributed by atoms with Crippen LogP contribution in [0.5, 0.6) is 0 Å². The summed E-state index contributed by atoms with van der Waals surface area (Å²) in [5.41, 5.74) is 0.337. The minimum atomic E-state index is 0.337. The van der Waals surface area contributed by atoms with Crippen molar-refractivity contribution in [2.24, 2.45) is 5.41 Å². The van der Waals surface area contributed by atoms with E-state index in [9.17, 15) is 0 Å². The molecule has 0 spiro atoms. The summed E-state index contributed by atoms with van der Waals surface area (Å²) in [6.45, 7) is 5.00. The lowest BCUT2D eigenvalue weighted by molar-refractivity contribution is 0.0300. The SMILES string of the molecule is CC1(CNc2ccncn2)CCOCC1. The third kappa shape index (κ3) is 2.89. The Hall–Kier alpha value is -1.16. The van der Waals surface area contributed by atoms with E-state index in [1.54, 1.807) is 12.5 Å². The molecule has 1 N–H and O–H groups in total. The van der Waals surface area contributed by atoms with Crippen molar-refractivity contribution in [3.63, 3.8) is 0 Å². The zero-order valence-electron chi connectivity index (χ0n) is 9.07. The summed E-state index contributed by atoms with van der Waals surface area (Å²) in [6, 6.07) is 1.89. The monoisotopic (exact) mass is 207 g/mol. The Labute approximate surface area is 90.1 Å². The van der Waals surface area contributed by atoms with E-state index in [1.807, 2.05) is 6.07 Å². The van der Waals surface area contributed by atoms with Crippen molar-refractivity contribution < 1.29 is 4.74 Å². The molecule has 4 heteroatoms. The Morgan fingerprint density at radius 1 is 1.47 bits per heavy atom. The highest BCUT2D eigenvalue weighted by atomic mass is 16.5. The van der Waals surface area contributed by atoms with Crippen LogP contribution in [0.1, 0.15) is 19.8 Å². The zero-order chi connectivity index (χ0) is 10.6. The molecule has 0 bridgehead atoms. The highest BCUT2D eigenvalue weighted by Gasteiger charge is 2.26. The van der Waals surface area contributed by atoms with Crippen molar-refractivity contribution in [1.29, 1.82) is 0 Å². The maximum Gasteiger partial charge on any atom is 0.129 e. The molecule has 0 unspecified atom stereocenters. The lowest BCUT2D eigenvalue weighted by Crippen LogP contribution is -2.33. The van der Waals surface area contributed by atoms with Crippen LogP contribution in [-0.4, -0.2) is 29.7 Å². The number of nitrogens with one attached hydrogen (secondary N) is 1. The molecule has 1 aromatic heterocycles. The lowest BCUT2D eigenvalue weighted by Gasteiger charge is -2.33. The molecule has 15 heavy (non-hydrogen) atoms. The van der Waals surface area contributed by atoms with Gasteiger partial charge < -0.3 is 10.1 Å². The van der Waals surface area contributed by atoms with E-state index in [4.69, 9.17) is 4.74 Å². The summed E-state index contributed by atoms with van der Waals surface area (Å²) in [5, 5.41) is 3.35. The van der Waals surface area contributed by atoms with Crippen LogP contribution in [0, 0.1) is 5.41 Å². The summed E-state index contributed by atoms with van der Waals surface area (Å²) in [5.74, 6) is 0.901. The first-order chi connectivity index (χ1) is 7.29. The summed E-state index contributed by atoms with van der Waals surface area (Å²) in [7, 11) is 0. The second-order valence-electron chi connectivity index (χ2n) is 4.37. The van der Waals surface area contributed by atoms with Gasteiger partial charge in [-0.15, -0.1) is 0 Å². The van der Waals surface area contributed by atoms with Crippen LogP contribution < -0.4 is 5.32 Å². The molecule has 0 aliphatic carbocycles. The first kappa shape index (κ1) is 10.4. The molecule has 0 amide bonds. The van der Waals surface area contributed by atoms with Crippen LogP contribution in [0.25, 0.3) is 0 Å². The van der Waals surface area contributed by atoms with Crippen molar-refractivity contribution in [2.45, 2.75) is 19.8 Å². The van der Waals surface area contributed by atoms with E-state index in [-0.39, 0.29) is 0 Å². The van der Waals surface area contributed by atoms with E-state index in [0.717, 1.165) is 38.4 Å². The van der Waals surface area contributed by atoms with E-state index in [1.165, 1.54) is 0 Å². The first-order valence-electron chi connectivity index (χ1n) is 5.36. The Morgan fingerprint density at radius 2 is 2.27 bits per heavy atom. The average Bonchev–Trinajstić information content (AvgIpc) is 2.29. The van der Waals surface area contributed by atoms with Crippen LogP contribution >= 0.6 is 0 Å². The van der Waals surface area contributed by atoms with Crippen molar-refractivity contribution in [1.82, 2.24) is 9.97 Å². The van der Waals surface area contributed by atoms with Crippen LogP contribution in [0.3, 0.4) is 0 Å². The molecule has 2 rings (SSSR count). The largest absolute Gasteiger partial charge is 0.381 e. The van der Waals surface area contributed by atoms with Crippen molar-refractivity contribution >= 4 is 5.82 Å². The fraction of sp³-hybridized carbons (Fsp3) is 0.636. The predicted octanol–water partition coefficient (Wildman–Crippen LogP) is 1.71. The number of hydrogen-bond acceptors (Lipinski definition) is 4. The third-order valence-electron chi connectivity index (χ3n) is 2.98. The van der Waals surface area contributed by atoms with Gasteiger partial charge >= 0.3 is 0 Å². The molecule has 0 aromatic carbocycles. The van der Waals surface area contributed by atoms with Gasteiger partial charge in [0.1, 0.15) is 12.1 Å². The molecular formula is C11H17N3O. The van der Waals surface area contributed by atoms with E-state index in [0.29, 0.717) is 5.41 Å². The molecule has 1 saturated heterocycles. The van der Waals surface area contributed by atoms with Crippen LogP contribution in [0.15, 0.2) is 18.6 Å². The molecule has 1 fully saturated rings. The van der Waals surface area contributed by atoms with Gasteiger partial charge in [0.05, 0.1) is 0 Å². The Morgan fingerprint density at radius 3 is 2.93 bits per heavy atom. The smallest absolute Gasteiger partial charge is 0.129 e. The number of rotatable bonds is 3. The fourth-order valence-electron chi connectivity index (χ4n) is 1.74. The highest BCUT2D eigenvalue weighted by Crippen LogP contribution is 2.29. The number of ether oxygens (including phenoxy) is 1. The molecule has 82 valence electrons. The summed E-state index contributed by atoms with van der Waals surface area (Å²) in [4.78, 5) is 8.03. The highest BCUT2D eigenvalue weighted by molar-refractivity contribution is 5.31.